The van der Waals surface area contributed by atoms with Gasteiger partial charge in [-0.3, -0.25) is 0 Å². The summed E-state index contributed by atoms with van der Waals surface area (Å²) in [4.78, 5) is 2.29. The Balaban J connectivity index is 2.53. The zero-order valence-corrected chi connectivity index (χ0v) is 9.62. The first-order chi connectivity index (χ1) is 7.20. The minimum Gasteiger partial charge on any atom is -0.370 e. The molecule has 0 aromatic heterocycles. The molecule has 0 bridgehead atoms. The van der Waals surface area contributed by atoms with Gasteiger partial charge in [-0.1, -0.05) is 30.4 Å². The van der Waals surface area contributed by atoms with Gasteiger partial charge in [-0.25, -0.2) is 0 Å². The largest absolute Gasteiger partial charge is 0.370 e. The molecule has 15 heavy (non-hydrogen) atoms. The molecule has 0 amide bonds. The van der Waals surface area contributed by atoms with Crippen LogP contribution < -0.4 is 0 Å². The van der Waals surface area contributed by atoms with Crippen LogP contribution in [0.15, 0.2) is 36.4 Å². The molecule has 0 saturated heterocycles. The second-order valence-corrected chi connectivity index (χ2v) is 4.13. The van der Waals surface area contributed by atoms with E-state index >= 15 is 0 Å². The van der Waals surface area contributed by atoms with Crippen molar-refractivity contribution in [2.75, 3.05) is 13.6 Å². The lowest BCUT2D eigenvalue weighted by molar-refractivity contribution is 0.530. The van der Waals surface area contributed by atoms with Gasteiger partial charge in [0.05, 0.1) is 0 Å². The number of benzene rings is 1. The van der Waals surface area contributed by atoms with Gasteiger partial charge in [0.1, 0.15) is 0 Å². The average Bonchev–Trinajstić information content (AvgIpc) is 2.20. The fraction of sp³-hybridized carbons (Fsp3) is 0.286. The highest BCUT2D eigenvalue weighted by Gasteiger charge is 2.12. The summed E-state index contributed by atoms with van der Waals surface area (Å²) < 4.78 is 0. The van der Waals surface area contributed by atoms with Crippen molar-refractivity contribution in [3.05, 3.63) is 53.1 Å². The van der Waals surface area contributed by atoms with Crippen LogP contribution in [0.2, 0.25) is 0 Å². The molecule has 1 heterocycles. The highest BCUT2D eigenvalue weighted by Crippen LogP contribution is 2.26. The molecule has 1 aliphatic rings. The fourth-order valence-electron chi connectivity index (χ4n) is 2.10. The minimum atomic E-state index is 1.000. The fourth-order valence-corrected chi connectivity index (χ4v) is 2.10. The van der Waals surface area contributed by atoms with Crippen LogP contribution in [0.3, 0.4) is 0 Å². The highest BCUT2D eigenvalue weighted by atomic mass is 15.1. The zero-order chi connectivity index (χ0) is 10.8. The number of hydrogen-bond donors (Lipinski definition) is 0. The topological polar surface area (TPSA) is 3.24 Å². The van der Waals surface area contributed by atoms with Crippen LogP contribution in [-0.4, -0.2) is 18.5 Å². The zero-order valence-electron chi connectivity index (χ0n) is 9.62. The third kappa shape index (κ3) is 1.82. The maximum absolute atomic E-state index is 2.29. The van der Waals surface area contributed by atoms with E-state index in [2.05, 4.69) is 62.2 Å². The van der Waals surface area contributed by atoms with E-state index in [-0.39, 0.29) is 0 Å². The lowest BCUT2D eigenvalue weighted by Crippen LogP contribution is -2.19. The van der Waals surface area contributed by atoms with E-state index < -0.39 is 0 Å². The summed E-state index contributed by atoms with van der Waals surface area (Å²) in [6.07, 6.45) is 6.51. The standard InChI is InChI=1S/C14H17N/c1-11-7-6-8-12(2)14(11)13-9-4-5-10-15(13)3/h4-9H,10H2,1-3H3. The second-order valence-electron chi connectivity index (χ2n) is 4.13. The summed E-state index contributed by atoms with van der Waals surface area (Å²) in [6, 6.07) is 6.47. The van der Waals surface area contributed by atoms with Gasteiger partial charge in [-0.15, -0.1) is 0 Å². The van der Waals surface area contributed by atoms with E-state index in [1.165, 1.54) is 22.4 Å². The van der Waals surface area contributed by atoms with E-state index in [0.29, 0.717) is 0 Å². The van der Waals surface area contributed by atoms with E-state index in [1.807, 2.05) is 0 Å². The second kappa shape index (κ2) is 3.93. The Kier molecular flexibility index (Phi) is 2.63. The third-order valence-electron chi connectivity index (χ3n) is 2.92. The van der Waals surface area contributed by atoms with Gasteiger partial charge in [-0.2, -0.15) is 0 Å². The van der Waals surface area contributed by atoms with Crippen LogP contribution >= 0.6 is 0 Å². The molecule has 0 saturated carbocycles. The van der Waals surface area contributed by atoms with Crippen molar-refractivity contribution in [1.29, 1.82) is 0 Å². The molecule has 1 aliphatic heterocycles. The molecule has 0 N–H and O–H groups in total. The third-order valence-corrected chi connectivity index (χ3v) is 2.92. The number of allylic oxidation sites excluding steroid dienone is 2. The first-order valence-corrected chi connectivity index (χ1v) is 5.34. The first kappa shape index (κ1) is 10.0. The molecule has 1 nitrogen and oxygen atoms in total. The summed E-state index contributed by atoms with van der Waals surface area (Å²) >= 11 is 0. The van der Waals surface area contributed by atoms with Crippen molar-refractivity contribution in [3.63, 3.8) is 0 Å². The van der Waals surface area contributed by atoms with Crippen molar-refractivity contribution >= 4 is 5.70 Å². The maximum atomic E-state index is 2.29. The molecule has 0 fully saturated rings. The minimum absolute atomic E-state index is 1.000. The summed E-state index contributed by atoms with van der Waals surface area (Å²) in [5, 5.41) is 0. The molecular weight excluding hydrogens is 182 g/mol. The lowest BCUT2D eigenvalue weighted by atomic mass is 9.98. The number of likely N-dealkylation sites (N-methyl/N-ethyl adjacent to an activating group) is 1. The molecule has 1 aromatic carbocycles. The van der Waals surface area contributed by atoms with Gasteiger partial charge in [0.2, 0.25) is 0 Å². The molecular formula is C14H17N. The van der Waals surface area contributed by atoms with Crippen molar-refractivity contribution in [1.82, 2.24) is 4.90 Å². The molecule has 0 spiro atoms. The van der Waals surface area contributed by atoms with E-state index in [0.717, 1.165) is 6.54 Å². The number of rotatable bonds is 1. The maximum Gasteiger partial charge on any atom is 0.0445 e. The van der Waals surface area contributed by atoms with E-state index in [9.17, 15) is 0 Å². The normalized spacial score (nSPS) is 15.4. The molecule has 0 radical (unpaired) electrons. The molecule has 1 heteroatoms. The number of aryl methyl sites for hydroxylation is 2. The lowest BCUT2D eigenvalue weighted by Gasteiger charge is -2.26. The molecule has 78 valence electrons. The average molecular weight is 199 g/mol. The highest BCUT2D eigenvalue weighted by molar-refractivity contribution is 5.71. The predicted molar refractivity (Wildman–Crippen MR) is 65.7 cm³/mol. The predicted octanol–water partition coefficient (Wildman–Crippen LogP) is 3.15. The van der Waals surface area contributed by atoms with Gasteiger partial charge in [0, 0.05) is 24.9 Å². The van der Waals surface area contributed by atoms with Gasteiger partial charge in [0.25, 0.3) is 0 Å². The van der Waals surface area contributed by atoms with Crippen LogP contribution in [0.25, 0.3) is 5.70 Å². The summed E-state index contributed by atoms with van der Waals surface area (Å²) in [7, 11) is 2.14. The van der Waals surface area contributed by atoms with Gasteiger partial charge in [-0.05, 0) is 31.1 Å². The van der Waals surface area contributed by atoms with Crippen molar-refractivity contribution in [2.45, 2.75) is 13.8 Å². The van der Waals surface area contributed by atoms with Crippen LogP contribution in [-0.2, 0) is 0 Å². The van der Waals surface area contributed by atoms with E-state index in [1.54, 1.807) is 0 Å². The molecule has 0 atom stereocenters. The quantitative estimate of drug-likeness (QED) is 0.671. The van der Waals surface area contributed by atoms with E-state index in [4.69, 9.17) is 0 Å². The Morgan fingerprint density at radius 3 is 2.40 bits per heavy atom. The van der Waals surface area contributed by atoms with Crippen molar-refractivity contribution in [3.8, 4) is 0 Å². The molecule has 0 aliphatic carbocycles. The Labute approximate surface area is 91.7 Å². The van der Waals surface area contributed by atoms with Crippen LogP contribution in [0.4, 0.5) is 0 Å². The molecule has 0 unspecified atom stereocenters. The van der Waals surface area contributed by atoms with Crippen molar-refractivity contribution < 1.29 is 0 Å². The van der Waals surface area contributed by atoms with Crippen LogP contribution in [0.5, 0.6) is 0 Å². The van der Waals surface area contributed by atoms with Crippen LogP contribution in [0.1, 0.15) is 16.7 Å². The summed E-state index contributed by atoms with van der Waals surface area (Å²) in [5.74, 6) is 0. The smallest absolute Gasteiger partial charge is 0.0445 e. The SMILES string of the molecule is Cc1cccc(C)c1C1=CC=CCN1C. The Hall–Kier alpha value is -1.50. The summed E-state index contributed by atoms with van der Waals surface area (Å²) in [6.45, 7) is 5.35. The number of nitrogens with zero attached hydrogens (tertiary/aromatic N) is 1. The van der Waals surface area contributed by atoms with Crippen LogP contribution in [0, 0.1) is 13.8 Å². The molecule has 1 aromatic rings. The van der Waals surface area contributed by atoms with Gasteiger partial charge < -0.3 is 4.90 Å². The Morgan fingerprint density at radius 1 is 1.13 bits per heavy atom. The molecule has 2 rings (SSSR count). The van der Waals surface area contributed by atoms with Gasteiger partial charge >= 0.3 is 0 Å². The Bertz CT molecular complexity index is 407. The van der Waals surface area contributed by atoms with Gasteiger partial charge in [0.15, 0.2) is 0 Å². The van der Waals surface area contributed by atoms with Crippen molar-refractivity contribution in [2.24, 2.45) is 0 Å². The Morgan fingerprint density at radius 2 is 1.80 bits per heavy atom. The summed E-state index contributed by atoms with van der Waals surface area (Å²) in [5.41, 5.74) is 5.41. The number of hydrogen-bond acceptors (Lipinski definition) is 1. The first-order valence-electron chi connectivity index (χ1n) is 5.34. The monoisotopic (exact) mass is 199 g/mol.